The van der Waals surface area contributed by atoms with Gasteiger partial charge in [0.25, 0.3) is 5.91 Å². The molecule has 1 amide bonds. The number of hydrogen-bond donors (Lipinski definition) is 2. The Hall–Kier alpha value is -1.81. The minimum absolute atomic E-state index is 0.281. The molecule has 0 bridgehead atoms. The number of carbonyl (C=O) groups is 1. The summed E-state index contributed by atoms with van der Waals surface area (Å²) in [5.41, 5.74) is -1.37. The molecule has 0 atom stereocenters. The molecule has 0 aliphatic carbocycles. The van der Waals surface area contributed by atoms with Crippen LogP contribution >= 0.6 is 0 Å². The summed E-state index contributed by atoms with van der Waals surface area (Å²) in [6.45, 7) is 10.8. The van der Waals surface area contributed by atoms with Crippen LogP contribution in [0.3, 0.4) is 0 Å². The van der Waals surface area contributed by atoms with Crippen molar-refractivity contribution >= 4 is 5.91 Å². The van der Waals surface area contributed by atoms with E-state index in [-0.39, 0.29) is 5.91 Å². The van der Waals surface area contributed by atoms with Gasteiger partial charge in [-0.2, -0.15) is 0 Å². The van der Waals surface area contributed by atoms with Crippen LogP contribution < -0.4 is 10.1 Å². The van der Waals surface area contributed by atoms with Crippen molar-refractivity contribution in [1.82, 2.24) is 5.32 Å². The maximum Gasteiger partial charge on any atom is 0.255 e. The zero-order valence-corrected chi connectivity index (χ0v) is 12.6. The molecule has 0 aliphatic rings. The van der Waals surface area contributed by atoms with Gasteiger partial charge in [0.1, 0.15) is 12.4 Å². The highest BCUT2D eigenvalue weighted by molar-refractivity contribution is 5.97. The van der Waals surface area contributed by atoms with E-state index in [0.29, 0.717) is 17.9 Å². The zero-order chi connectivity index (χ0) is 15.4. The number of rotatable bonds is 6. The lowest BCUT2D eigenvalue weighted by molar-refractivity contribution is -0.00298. The number of aliphatic hydroxyl groups is 1. The molecule has 0 radical (unpaired) electrons. The van der Waals surface area contributed by atoms with Crippen molar-refractivity contribution in [3.05, 3.63) is 42.5 Å². The molecule has 4 nitrogen and oxygen atoms in total. The first kappa shape index (κ1) is 16.2. The summed E-state index contributed by atoms with van der Waals surface area (Å²) in [4.78, 5) is 12.4. The third-order valence-electron chi connectivity index (χ3n) is 3.44. The van der Waals surface area contributed by atoms with Crippen LogP contribution in [0.15, 0.2) is 36.9 Å². The van der Waals surface area contributed by atoms with E-state index in [2.05, 4.69) is 11.9 Å². The van der Waals surface area contributed by atoms with Crippen LogP contribution in [0.2, 0.25) is 0 Å². The van der Waals surface area contributed by atoms with Crippen molar-refractivity contribution in [3.8, 4) is 5.75 Å². The molecule has 110 valence electrons. The van der Waals surface area contributed by atoms with Crippen LogP contribution in [0.5, 0.6) is 5.75 Å². The second kappa shape index (κ2) is 6.09. The summed E-state index contributed by atoms with van der Waals surface area (Å²) >= 11 is 0. The quantitative estimate of drug-likeness (QED) is 0.786. The molecular formula is C16H23NO3. The first-order chi connectivity index (χ1) is 9.19. The predicted molar refractivity (Wildman–Crippen MR) is 80.0 cm³/mol. The first-order valence-electron chi connectivity index (χ1n) is 6.56. The van der Waals surface area contributed by atoms with Crippen LogP contribution in [-0.4, -0.2) is 28.8 Å². The summed E-state index contributed by atoms with van der Waals surface area (Å²) in [5, 5.41) is 12.9. The van der Waals surface area contributed by atoms with E-state index in [4.69, 9.17) is 4.74 Å². The van der Waals surface area contributed by atoms with Gasteiger partial charge in [-0.05, 0) is 39.8 Å². The van der Waals surface area contributed by atoms with Gasteiger partial charge in [-0.1, -0.05) is 24.8 Å². The smallest absolute Gasteiger partial charge is 0.255 e. The minimum Gasteiger partial charge on any atom is -0.489 e. The molecule has 1 aromatic carbocycles. The normalized spacial score (nSPS) is 11.8. The van der Waals surface area contributed by atoms with E-state index in [0.717, 1.165) is 0 Å². The predicted octanol–water partition coefficient (Wildman–Crippen LogP) is 2.53. The molecule has 0 unspecified atom stereocenters. The second-order valence-corrected chi connectivity index (χ2v) is 5.73. The molecule has 4 heteroatoms. The molecule has 0 spiro atoms. The van der Waals surface area contributed by atoms with E-state index in [1.54, 1.807) is 58.0 Å². The van der Waals surface area contributed by atoms with Gasteiger partial charge in [0.05, 0.1) is 16.7 Å². The Morgan fingerprint density at radius 3 is 2.50 bits per heavy atom. The summed E-state index contributed by atoms with van der Waals surface area (Å²) in [5.74, 6) is 0.216. The molecule has 0 aromatic heterocycles. The Kier molecular flexibility index (Phi) is 4.95. The molecule has 0 aliphatic heterocycles. The van der Waals surface area contributed by atoms with Crippen LogP contribution in [0.25, 0.3) is 0 Å². The van der Waals surface area contributed by atoms with Gasteiger partial charge >= 0.3 is 0 Å². The Labute approximate surface area is 120 Å². The fourth-order valence-electron chi connectivity index (χ4n) is 1.43. The highest BCUT2D eigenvalue weighted by Gasteiger charge is 2.36. The molecular weight excluding hydrogens is 254 g/mol. The van der Waals surface area contributed by atoms with E-state index in [1.165, 1.54) is 0 Å². The topological polar surface area (TPSA) is 58.6 Å². The molecule has 0 fully saturated rings. The fourth-order valence-corrected chi connectivity index (χ4v) is 1.43. The van der Waals surface area contributed by atoms with Crippen molar-refractivity contribution in [3.63, 3.8) is 0 Å². The average Bonchev–Trinajstić information content (AvgIpc) is 2.34. The lowest BCUT2D eigenvalue weighted by Gasteiger charge is -2.38. The van der Waals surface area contributed by atoms with Gasteiger partial charge < -0.3 is 15.2 Å². The standard InChI is InChI=1S/C16H23NO3/c1-6-11-20-13-10-8-7-9-12(13)14(18)17-15(2,3)16(4,5)19/h6-10,19H,1,11H2,2-5H3,(H,17,18). The molecule has 2 N–H and O–H groups in total. The maximum atomic E-state index is 12.4. The van der Waals surface area contributed by atoms with Gasteiger partial charge in [0.2, 0.25) is 0 Å². The van der Waals surface area contributed by atoms with Gasteiger partial charge in [-0.25, -0.2) is 0 Å². The van der Waals surface area contributed by atoms with E-state index in [9.17, 15) is 9.90 Å². The van der Waals surface area contributed by atoms with Crippen LogP contribution in [0.1, 0.15) is 38.1 Å². The number of hydrogen-bond acceptors (Lipinski definition) is 3. The molecule has 0 saturated heterocycles. The monoisotopic (exact) mass is 277 g/mol. The summed E-state index contributed by atoms with van der Waals surface area (Å²) in [6.07, 6.45) is 1.62. The number of amides is 1. The second-order valence-electron chi connectivity index (χ2n) is 5.73. The van der Waals surface area contributed by atoms with Crippen LogP contribution in [-0.2, 0) is 0 Å². The largest absolute Gasteiger partial charge is 0.489 e. The van der Waals surface area contributed by atoms with Gasteiger partial charge in [-0.15, -0.1) is 0 Å². The van der Waals surface area contributed by atoms with Gasteiger partial charge in [0.15, 0.2) is 0 Å². The van der Waals surface area contributed by atoms with E-state index >= 15 is 0 Å². The van der Waals surface area contributed by atoms with E-state index < -0.39 is 11.1 Å². The Morgan fingerprint density at radius 2 is 1.95 bits per heavy atom. The number of para-hydroxylation sites is 1. The molecule has 20 heavy (non-hydrogen) atoms. The number of carbonyl (C=O) groups excluding carboxylic acids is 1. The van der Waals surface area contributed by atoms with Crippen molar-refractivity contribution in [2.24, 2.45) is 0 Å². The Morgan fingerprint density at radius 1 is 1.35 bits per heavy atom. The number of benzene rings is 1. The first-order valence-corrected chi connectivity index (χ1v) is 6.56. The third kappa shape index (κ3) is 3.84. The third-order valence-corrected chi connectivity index (χ3v) is 3.44. The van der Waals surface area contributed by atoms with Crippen molar-refractivity contribution in [2.45, 2.75) is 38.8 Å². The zero-order valence-electron chi connectivity index (χ0n) is 12.6. The maximum absolute atomic E-state index is 12.4. The van der Waals surface area contributed by atoms with Crippen LogP contribution in [0.4, 0.5) is 0 Å². The number of nitrogens with one attached hydrogen (secondary N) is 1. The molecule has 1 rings (SSSR count). The van der Waals surface area contributed by atoms with E-state index in [1.807, 2.05) is 0 Å². The SMILES string of the molecule is C=CCOc1ccccc1C(=O)NC(C)(C)C(C)(C)O. The highest BCUT2D eigenvalue weighted by Crippen LogP contribution is 2.23. The van der Waals surface area contributed by atoms with Gasteiger partial charge in [0, 0.05) is 0 Å². The van der Waals surface area contributed by atoms with Crippen molar-refractivity contribution < 1.29 is 14.6 Å². The van der Waals surface area contributed by atoms with Crippen LogP contribution in [0, 0.1) is 0 Å². The lowest BCUT2D eigenvalue weighted by atomic mass is 9.85. The minimum atomic E-state index is -1.04. The summed E-state index contributed by atoms with van der Waals surface area (Å²) in [6, 6.07) is 6.99. The number of ether oxygens (including phenoxy) is 1. The summed E-state index contributed by atoms with van der Waals surface area (Å²) < 4.78 is 5.47. The fraction of sp³-hybridized carbons (Fsp3) is 0.438. The lowest BCUT2D eigenvalue weighted by Crippen LogP contribution is -2.57. The van der Waals surface area contributed by atoms with Gasteiger partial charge in [-0.3, -0.25) is 4.79 Å². The van der Waals surface area contributed by atoms with Crippen molar-refractivity contribution in [1.29, 1.82) is 0 Å². The average molecular weight is 277 g/mol. The Bertz CT molecular complexity index is 487. The molecule has 0 saturated carbocycles. The molecule has 0 heterocycles. The van der Waals surface area contributed by atoms with Crippen molar-refractivity contribution in [2.75, 3.05) is 6.61 Å². The Balaban J connectivity index is 2.96. The highest BCUT2D eigenvalue weighted by atomic mass is 16.5. The summed E-state index contributed by atoms with van der Waals surface area (Å²) in [7, 11) is 0. The molecule has 1 aromatic rings.